The third-order valence-electron chi connectivity index (χ3n) is 3.37. The lowest BCUT2D eigenvalue weighted by Crippen LogP contribution is -2.41. The molecule has 0 aliphatic carbocycles. The number of ether oxygens (including phenoxy) is 3. The molecule has 7 heteroatoms. The second-order valence-electron chi connectivity index (χ2n) is 4.91. The predicted molar refractivity (Wildman–Crippen MR) is 92.1 cm³/mol. The van der Waals surface area contributed by atoms with Gasteiger partial charge in [-0.25, -0.2) is 0 Å². The van der Waals surface area contributed by atoms with Crippen LogP contribution in [0.15, 0.2) is 42.5 Å². The number of carbonyl (C=O) groups is 2. The summed E-state index contributed by atoms with van der Waals surface area (Å²) in [7, 11) is 2.96. The van der Waals surface area contributed by atoms with Gasteiger partial charge in [-0.2, -0.15) is 0 Å². The molecule has 7 nitrogen and oxygen atoms in total. The van der Waals surface area contributed by atoms with Gasteiger partial charge in [-0.15, -0.1) is 0 Å². The Morgan fingerprint density at radius 1 is 0.880 bits per heavy atom. The number of methoxy groups -OCH3 is 2. The van der Waals surface area contributed by atoms with Gasteiger partial charge in [-0.1, -0.05) is 12.1 Å². The van der Waals surface area contributed by atoms with Crippen molar-refractivity contribution >= 4 is 11.8 Å². The minimum absolute atomic E-state index is 0.314. The van der Waals surface area contributed by atoms with Gasteiger partial charge in [0.25, 0.3) is 11.8 Å². The zero-order chi connectivity index (χ0) is 18.2. The summed E-state index contributed by atoms with van der Waals surface area (Å²) in [5.74, 6) is 0.426. The second-order valence-corrected chi connectivity index (χ2v) is 4.91. The molecule has 2 aromatic carbocycles. The topological polar surface area (TPSA) is 85.9 Å². The number of rotatable bonds is 6. The van der Waals surface area contributed by atoms with E-state index < -0.39 is 11.8 Å². The Labute approximate surface area is 145 Å². The van der Waals surface area contributed by atoms with Crippen LogP contribution in [0.25, 0.3) is 0 Å². The molecule has 0 saturated carbocycles. The summed E-state index contributed by atoms with van der Waals surface area (Å²) in [5.41, 5.74) is 5.35. The molecule has 0 radical (unpaired) electrons. The molecule has 0 unspecified atom stereocenters. The van der Waals surface area contributed by atoms with E-state index >= 15 is 0 Å². The zero-order valence-electron chi connectivity index (χ0n) is 14.3. The quantitative estimate of drug-likeness (QED) is 0.785. The molecule has 0 aromatic heterocycles. The number of hydrogen-bond donors (Lipinski definition) is 2. The third kappa shape index (κ3) is 4.41. The van der Waals surface area contributed by atoms with Gasteiger partial charge >= 0.3 is 0 Å². The largest absolute Gasteiger partial charge is 0.496 e. The highest BCUT2D eigenvalue weighted by Gasteiger charge is 2.14. The van der Waals surface area contributed by atoms with E-state index in [-0.39, 0.29) is 0 Å². The van der Waals surface area contributed by atoms with E-state index in [0.29, 0.717) is 35.0 Å². The molecule has 2 aromatic rings. The van der Waals surface area contributed by atoms with Crippen molar-refractivity contribution in [2.45, 2.75) is 6.92 Å². The van der Waals surface area contributed by atoms with Crippen LogP contribution in [0, 0.1) is 0 Å². The standard InChI is InChI=1S/C18H20N2O5/c1-4-25-15-10-9-12(11-16(15)24-3)17(21)19-20-18(22)13-7-5-6-8-14(13)23-2/h5-11H,4H2,1-3H3,(H,19,21)(H,20,22). The minimum Gasteiger partial charge on any atom is -0.496 e. The Hall–Kier alpha value is -3.22. The fraction of sp³-hybridized carbons (Fsp3) is 0.222. The molecular weight excluding hydrogens is 324 g/mol. The lowest BCUT2D eigenvalue weighted by molar-refractivity contribution is 0.0844. The molecule has 0 bridgehead atoms. The van der Waals surface area contributed by atoms with Crippen LogP contribution in [0.5, 0.6) is 17.2 Å². The van der Waals surface area contributed by atoms with Gasteiger partial charge in [0.05, 0.1) is 26.4 Å². The maximum absolute atomic E-state index is 12.2. The normalized spacial score (nSPS) is 9.88. The van der Waals surface area contributed by atoms with Crippen LogP contribution in [-0.2, 0) is 0 Å². The molecule has 0 aliphatic heterocycles. The summed E-state index contributed by atoms with van der Waals surface area (Å²) < 4.78 is 15.7. The van der Waals surface area contributed by atoms with Crippen LogP contribution in [0.3, 0.4) is 0 Å². The Bertz CT molecular complexity index is 761. The average Bonchev–Trinajstić information content (AvgIpc) is 2.66. The Kier molecular flexibility index (Phi) is 6.22. The highest BCUT2D eigenvalue weighted by Crippen LogP contribution is 2.27. The molecule has 0 aliphatic rings. The van der Waals surface area contributed by atoms with Crippen LogP contribution in [0.2, 0.25) is 0 Å². The maximum Gasteiger partial charge on any atom is 0.273 e. The molecule has 132 valence electrons. The monoisotopic (exact) mass is 344 g/mol. The van der Waals surface area contributed by atoms with Crippen LogP contribution in [0.4, 0.5) is 0 Å². The first-order valence-corrected chi connectivity index (χ1v) is 7.65. The number of benzene rings is 2. The third-order valence-corrected chi connectivity index (χ3v) is 3.37. The second kappa shape index (κ2) is 8.58. The first-order chi connectivity index (χ1) is 12.1. The van der Waals surface area contributed by atoms with E-state index in [0.717, 1.165) is 0 Å². The van der Waals surface area contributed by atoms with E-state index in [1.807, 2.05) is 6.92 Å². The van der Waals surface area contributed by atoms with E-state index in [1.165, 1.54) is 20.3 Å². The van der Waals surface area contributed by atoms with Gasteiger partial charge in [-0.05, 0) is 37.3 Å². The first kappa shape index (κ1) is 18.1. The molecule has 0 spiro atoms. The number of hydrogen-bond acceptors (Lipinski definition) is 5. The Balaban J connectivity index is 2.06. The molecule has 2 rings (SSSR count). The molecule has 0 atom stereocenters. The number of amides is 2. The van der Waals surface area contributed by atoms with Crippen molar-refractivity contribution in [2.24, 2.45) is 0 Å². The molecule has 0 saturated heterocycles. The smallest absolute Gasteiger partial charge is 0.273 e. The van der Waals surface area contributed by atoms with Gasteiger partial charge < -0.3 is 14.2 Å². The summed E-state index contributed by atoms with van der Waals surface area (Å²) >= 11 is 0. The summed E-state index contributed by atoms with van der Waals surface area (Å²) in [6, 6.07) is 11.5. The average molecular weight is 344 g/mol. The molecule has 2 amide bonds. The number of nitrogens with one attached hydrogen (secondary N) is 2. The van der Waals surface area contributed by atoms with E-state index in [4.69, 9.17) is 14.2 Å². The molecule has 2 N–H and O–H groups in total. The number of carbonyl (C=O) groups excluding carboxylic acids is 2. The number of hydrazine groups is 1. The highest BCUT2D eigenvalue weighted by molar-refractivity contribution is 6.00. The van der Waals surface area contributed by atoms with Crippen molar-refractivity contribution in [3.63, 3.8) is 0 Å². The van der Waals surface area contributed by atoms with Crippen LogP contribution in [0.1, 0.15) is 27.6 Å². The maximum atomic E-state index is 12.2. The predicted octanol–water partition coefficient (Wildman–Crippen LogP) is 2.18. The molecule has 25 heavy (non-hydrogen) atoms. The van der Waals surface area contributed by atoms with Crippen LogP contribution in [-0.4, -0.2) is 32.6 Å². The van der Waals surface area contributed by atoms with Gasteiger partial charge in [-0.3, -0.25) is 20.4 Å². The summed E-state index contributed by atoms with van der Waals surface area (Å²) in [6.07, 6.45) is 0. The van der Waals surface area contributed by atoms with Crippen molar-refractivity contribution in [1.29, 1.82) is 0 Å². The molecular formula is C18H20N2O5. The van der Waals surface area contributed by atoms with Gasteiger partial charge in [0.2, 0.25) is 0 Å². The van der Waals surface area contributed by atoms with Crippen molar-refractivity contribution in [2.75, 3.05) is 20.8 Å². The Morgan fingerprint density at radius 2 is 1.56 bits per heavy atom. The molecule has 0 heterocycles. The van der Waals surface area contributed by atoms with Crippen molar-refractivity contribution in [1.82, 2.24) is 10.9 Å². The van der Waals surface area contributed by atoms with Crippen LogP contribution >= 0.6 is 0 Å². The SMILES string of the molecule is CCOc1ccc(C(=O)NNC(=O)c2ccccc2OC)cc1OC. The summed E-state index contributed by atoms with van der Waals surface area (Å²) in [5, 5.41) is 0. The van der Waals surface area contributed by atoms with Crippen molar-refractivity contribution < 1.29 is 23.8 Å². The highest BCUT2D eigenvalue weighted by atomic mass is 16.5. The lowest BCUT2D eigenvalue weighted by Gasteiger charge is -2.12. The van der Waals surface area contributed by atoms with Crippen molar-refractivity contribution in [3.05, 3.63) is 53.6 Å². The zero-order valence-corrected chi connectivity index (χ0v) is 14.3. The Morgan fingerprint density at radius 3 is 2.24 bits per heavy atom. The van der Waals surface area contributed by atoms with Crippen LogP contribution < -0.4 is 25.1 Å². The van der Waals surface area contributed by atoms with E-state index in [2.05, 4.69) is 10.9 Å². The summed E-state index contributed by atoms with van der Waals surface area (Å²) in [4.78, 5) is 24.4. The van der Waals surface area contributed by atoms with Gasteiger partial charge in [0.1, 0.15) is 5.75 Å². The first-order valence-electron chi connectivity index (χ1n) is 7.65. The van der Waals surface area contributed by atoms with Crippen molar-refractivity contribution in [3.8, 4) is 17.2 Å². The fourth-order valence-corrected chi connectivity index (χ4v) is 2.17. The minimum atomic E-state index is -0.483. The summed E-state index contributed by atoms with van der Waals surface area (Å²) in [6.45, 7) is 2.34. The van der Waals surface area contributed by atoms with E-state index in [9.17, 15) is 9.59 Å². The lowest BCUT2D eigenvalue weighted by atomic mass is 10.2. The molecule has 0 fully saturated rings. The number of para-hydroxylation sites is 1. The van der Waals surface area contributed by atoms with Gasteiger partial charge in [0, 0.05) is 5.56 Å². The fourth-order valence-electron chi connectivity index (χ4n) is 2.17. The van der Waals surface area contributed by atoms with Gasteiger partial charge in [0.15, 0.2) is 11.5 Å². The van der Waals surface area contributed by atoms with E-state index in [1.54, 1.807) is 36.4 Å².